The molecule has 3 aromatic rings. The van der Waals surface area contributed by atoms with E-state index in [2.05, 4.69) is 5.32 Å². The lowest BCUT2D eigenvalue weighted by atomic mass is 10.0. The molecule has 0 saturated heterocycles. The molecule has 208 valence electrons. The number of benzene rings is 3. The predicted octanol–water partition coefficient (Wildman–Crippen LogP) is 4.72. The van der Waals surface area contributed by atoms with Crippen LogP contribution in [-0.4, -0.2) is 50.0 Å². The molecule has 0 aliphatic rings. The van der Waals surface area contributed by atoms with E-state index < -0.39 is 34.3 Å². The summed E-state index contributed by atoms with van der Waals surface area (Å²) in [5, 5.41) is 3.20. The third kappa shape index (κ3) is 8.53. The number of nitrogens with one attached hydrogen (secondary N) is 1. The van der Waals surface area contributed by atoms with Gasteiger partial charge < -0.3 is 10.2 Å². The van der Waals surface area contributed by atoms with E-state index in [1.807, 2.05) is 44.2 Å². The summed E-state index contributed by atoms with van der Waals surface area (Å²) in [6.45, 7) is 4.77. The van der Waals surface area contributed by atoms with Gasteiger partial charge in [-0.2, -0.15) is 0 Å². The lowest BCUT2D eigenvalue weighted by Gasteiger charge is -2.34. The number of hydrogen-bond acceptors (Lipinski definition) is 4. The van der Waals surface area contributed by atoms with Crippen LogP contribution in [0.1, 0.15) is 30.5 Å². The highest BCUT2D eigenvalue weighted by Gasteiger charge is 2.33. The van der Waals surface area contributed by atoms with Crippen molar-refractivity contribution in [3.8, 4) is 0 Å². The molecule has 0 saturated carbocycles. The lowest BCUT2D eigenvalue weighted by Crippen LogP contribution is -2.54. The Balaban J connectivity index is 2.07. The van der Waals surface area contributed by atoms with Gasteiger partial charge in [-0.1, -0.05) is 60.1 Å². The Morgan fingerprint density at radius 3 is 2.21 bits per heavy atom. The zero-order valence-corrected chi connectivity index (χ0v) is 24.0. The Morgan fingerprint density at radius 2 is 1.62 bits per heavy atom. The first-order valence-electron chi connectivity index (χ1n) is 12.5. The van der Waals surface area contributed by atoms with Crippen molar-refractivity contribution >= 4 is 39.1 Å². The number of amides is 2. The molecule has 2 amide bonds. The van der Waals surface area contributed by atoms with Crippen molar-refractivity contribution in [2.45, 2.75) is 45.8 Å². The number of aryl methyl sites for hydroxylation is 1. The van der Waals surface area contributed by atoms with Crippen molar-refractivity contribution in [3.63, 3.8) is 0 Å². The van der Waals surface area contributed by atoms with E-state index in [4.69, 9.17) is 11.6 Å². The molecule has 0 bridgehead atoms. The van der Waals surface area contributed by atoms with Crippen LogP contribution in [0.25, 0.3) is 0 Å². The van der Waals surface area contributed by atoms with Gasteiger partial charge in [-0.05, 0) is 61.7 Å². The quantitative estimate of drug-likeness (QED) is 0.360. The number of halogens is 2. The minimum absolute atomic E-state index is 0.0335. The number of hydrogen-bond donors (Lipinski definition) is 1. The molecule has 0 spiro atoms. The average Bonchev–Trinajstić information content (AvgIpc) is 2.86. The first-order valence-corrected chi connectivity index (χ1v) is 14.7. The molecule has 0 aliphatic heterocycles. The van der Waals surface area contributed by atoms with Gasteiger partial charge in [0.1, 0.15) is 18.4 Å². The van der Waals surface area contributed by atoms with Crippen molar-refractivity contribution < 1.29 is 22.4 Å². The van der Waals surface area contributed by atoms with Gasteiger partial charge >= 0.3 is 0 Å². The fraction of sp³-hybridized carbons (Fsp3) is 0.310. The lowest BCUT2D eigenvalue weighted by molar-refractivity contribution is -0.140. The largest absolute Gasteiger partial charge is 0.352 e. The molecular weight excluding hydrogens is 541 g/mol. The standard InChI is InChI=1S/C29H33ClFN3O4S/c1-20(2)32-29(36)27(16-22-8-6-5-7-9-22)33(18-23-11-14-25(31)15-12-23)28(35)19-34(39(4,37)38)26-17-24(30)13-10-21(26)3/h5-15,17,20,27H,16,18-19H2,1-4H3,(H,32,36)/t27-/m1/s1. The Kier molecular flexibility index (Phi) is 10.1. The highest BCUT2D eigenvalue weighted by atomic mass is 35.5. The summed E-state index contributed by atoms with van der Waals surface area (Å²) in [4.78, 5) is 28.8. The van der Waals surface area contributed by atoms with Crippen LogP contribution in [0.2, 0.25) is 5.02 Å². The smallest absolute Gasteiger partial charge is 0.244 e. The molecule has 0 aliphatic carbocycles. The predicted molar refractivity (Wildman–Crippen MR) is 153 cm³/mol. The summed E-state index contributed by atoms with van der Waals surface area (Å²) < 4.78 is 40.4. The third-order valence-corrected chi connectivity index (χ3v) is 7.45. The van der Waals surface area contributed by atoms with E-state index in [-0.39, 0.29) is 30.6 Å². The zero-order valence-electron chi connectivity index (χ0n) is 22.4. The molecule has 0 aromatic heterocycles. The van der Waals surface area contributed by atoms with Crippen LogP contribution in [0.5, 0.6) is 0 Å². The molecular formula is C29H33ClFN3O4S. The molecule has 1 atom stereocenters. The van der Waals surface area contributed by atoms with Gasteiger partial charge in [-0.15, -0.1) is 0 Å². The summed E-state index contributed by atoms with van der Waals surface area (Å²) >= 11 is 6.16. The molecule has 1 N–H and O–H groups in total. The molecule has 7 nitrogen and oxygen atoms in total. The van der Waals surface area contributed by atoms with E-state index in [0.717, 1.165) is 16.1 Å². The van der Waals surface area contributed by atoms with Gasteiger partial charge in [-0.3, -0.25) is 13.9 Å². The second kappa shape index (κ2) is 13.1. The van der Waals surface area contributed by atoms with Crippen molar-refractivity contribution in [1.82, 2.24) is 10.2 Å². The molecule has 0 heterocycles. The third-order valence-electron chi connectivity index (χ3n) is 6.09. The van der Waals surface area contributed by atoms with Gasteiger partial charge in [0.15, 0.2) is 0 Å². The fourth-order valence-electron chi connectivity index (χ4n) is 4.17. The van der Waals surface area contributed by atoms with Gasteiger partial charge in [0, 0.05) is 24.0 Å². The van der Waals surface area contributed by atoms with Crippen LogP contribution >= 0.6 is 11.6 Å². The molecule has 39 heavy (non-hydrogen) atoms. The summed E-state index contributed by atoms with van der Waals surface area (Å²) in [5.74, 6) is -1.41. The second-order valence-electron chi connectivity index (χ2n) is 9.72. The number of anilines is 1. The van der Waals surface area contributed by atoms with Gasteiger partial charge in [-0.25, -0.2) is 12.8 Å². The second-order valence-corrected chi connectivity index (χ2v) is 12.1. The Morgan fingerprint density at radius 1 is 0.974 bits per heavy atom. The van der Waals surface area contributed by atoms with Gasteiger partial charge in [0.2, 0.25) is 21.8 Å². The Labute approximate surface area is 234 Å². The number of sulfonamides is 1. The number of carbonyl (C=O) groups excluding carboxylic acids is 2. The van der Waals surface area contributed by atoms with Crippen LogP contribution in [0, 0.1) is 12.7 Å². The zero-order chi connectivity index (χ0) is 28.7. The number of carbonyl (C=O) groups is 2. The summed E-state index contributed by atoms with van der Waals surface area (Å²) in [6, 6.07) is 18.5. The van der Waals surface area contributed by atoms with Crippen molar-refractivity contribution in [2.75, 3.05) is 17.1 Å². The highest BCUT2D eigenvalue weighted by Crippen LogP contribution is 2.27. The van der Waals surface area contributed by atoms with Crippen molar-refractivity contribution in [3.05, 3.63) is 100 Å². The van der Waals surface area contributed by atoms with E-state index in [9.17, 15) is 22.4 Å². The molecule has 3 aromatic carbocycles. The van der Waals surface area contributed by atoms with Crippen LogP contribution in [0.3, 0.4) is 0 Å². The SMILES string of the molecule is Cc1ccc(Cl)cc1N(CC(=O)N(Cc1ccc(F)cc1)[C@H](Cc1ccccc1)C(=O)NC(C)C)S(C)(=O)=O. The highest BCUT2D eigenvalue weighted by molar-refractivity contribution is 7.92. The summed E-state index contributed by atoms with van der Waals surface area (Å²) in [7, 11) is -3.91. The maximum atomic E-state index is 14.0. The monoisotopic (exact) mass is 573 g/mol. The maximum Gasteiger partial charge on any atom is 0.244 e. The fourth-order valence-corrected chi connectivity index (χ4v) is 5.23. The van der Waals surface area contributed by atoms with Gasteiger partial charge in [0.25, 0.3) is 0 Å². The number of rotatable bonds is 11. The average molecular weight is 574 g/mol. The van der Waals surface area contributed by atoms with E-state index in [1.54, 1.807) is 19.1 Å². The molecule has 3 rings (SSSR count). The van der Waals surface area contributed by atoms with Crippen molar-refractivity contribution in [1.29, 1.82) is 0 Å². The van der Waals surface area contributed by atoms with Crippen LogP contribution in [-0.2, 0) is 32.6 Å². The van der Waals surface area contributed by atoms with E-state index in [1.165, 1.54) is 35.2 Å². The van der Waals surface area contributed by atoms with E-state index >= 15 is 0 Å². The topological polar surface area (TPSA) is 86.8 Å². The Hall–Kier alpha value is -3.43. The minimum atomic E-state index is -3.91. The van der Waals surface area contributed by atoms with E-state index in [0.29, 0.717) is 16.1 Å². The van der Waals surface area contributed by atoms with Crippen LogP contribution in [0.4, 0.5) is 10.1 Å². The van der Waals surface area contributed by atoms with Crippen LogP contribution in [0.15, 0.2) is 72.8 Å². The van der Waals surface area contributed by atoms with Crippen LogP contribution < -0.4 is 9.62 Å². The molecule has 0 fully saturated rings. The normalized spacial score (nSPS) is 12.2. The first-order chi connectivity index (χ1) is 18.3. The van der Waals surface area contributed by atoms with Crippen molar-refractivity contribution in [2.24, 2.45) is 0 Å². The summed E-state index contributed by atoms with van der Waals surface area (Å²) in [6.07, 6.45) is 1.21. The molecule has 0 unspecified atom stereocenters. The minimum Gasteiger partial charge on any atom is -0.352 e. The number of nitrogens with zero attached hydrogens (tertiary/aromatic N) is 2. The summed E-state index contributed by atoms with van der Waals surface area (Å²) in [5.41, 5.74) is 2.29. The molecule has 0 radical (unpaired) electrons. The Bertz CT molecular complexity index is 1400. The van der Waals surface area contributed by atoms with Gasteiger partial charge in [0.05, 0.1) is 11.9 Å². The molecule has 10 heteroatoms. The maximum absolute atomic E-state index is 14.0. The first kappa shape index (κ1) is 30.1.